The van der Waals surface area contributed by atoms with Crippen LogP contribution < -0.4 is 0 Å². The zero-order valence-corrected chi connectivity index (χ0v) is 17.2. The summed E-state index contributed by atoms with van der Waals surface area (Å²) < 4.78 is 24.6. The highest BCUT2D eigenvalue weighted by Crippen LogP contribution is 2.29. The molecule has 1 aliphatic heterocycles. The monoisotopic (exact) mass is 393 g/mol. The highest BCUT2D eigenvalue weighted by atomic mass is 32.2. The maximum Gasteiger partial charge on any atom is 0.180 e. The van der Waals surface area contributed by atoms with Crippen molar-refractivity contribution < 1.29 is 18.7 Å². The zero-order chi connectivity index (χ0) is 20.3. The van der Waals surface area contributed by atoms with E-state index in [1.165, 1.54) is 12.1 Å². The molecule has 6 heteroatoms. The van der Waals surface area contributed by atoms with E-state index in [0.717, 1.165) is 17.9 Å². The topological polar surface area (TPSA) is 77.8 Å². The molecule has 0 unspecified atom stereocenters. The van der Waals surface area contributed by atoms with Crippen molar-refractivity contribution in [3.63, 3.8) is 0 Å². The van der Waals surface area contributed by atoms with Gasteiger partial charge in [0.15, 0.2) is 9.84 Å². The van der Waals surface area contributed by atoms with E-state index in [1.54, 1.807) is 6.07 Å². The quantitative estimate of drug-likeness (QED) is 0.794. The molecule has 2 aromatic carbocycles. The first-order chi connectivity index (χ1) is 12.9. The molecule has 0 amide bonds. The minimum absolute atomic E-state index is 0.0705. The molecule has 1 atom stereocenters. The Labute approximate surface area is 163 Å². The first-order valence-corrected chi connectivity index (χ1v) is 11.1. The van der Waals surface area contributed by atoms with Gasteiger partial charge in [-0.3, -0.25) is 0 Å². The van der Waals surface area contributed by atoms with Crippen LogP contribution in [0.15, 0.2) is 59.5 Å². The van der Waals surface area contributed by atoms with Gasteiger partial charge in [0.1, 0.15) is 5.75 Å². The van der Waals surface area contributed by atoms with Crippen LogP contribution in [-0.4, -0.2) is 35.6 Å². The standard InChI is InChI=1S/C13H19NO4S.C6H6.C2H6/c1-2-3-4-11-9-19(17,18)13-7-12(15)6-5-10(13)8-14(11)16;1-2-4-6-5-3-1;1-2/h5-7,11,15-16H,2-4,8-9H2,1H3;1-6H;1-2H3/t11-;;/m1../s1. The first kappa shape index (κ1) is 23.1. The van der Waals surface area contributed by atoms with Crippen LogP contribution in [0.5, 0.6) is 5.75 Å². The van der Waals surface area contributed by atoms with Gasteiger partial charge in [-0.2, -0.15) is 5.06 Å². The summed E-state index contributed by atoms with van der Waals surface area (Å²) in [6, 6.07) is 15.9. The molecule has 27 heavy (non-hydrogen) atoms. The number of rotatable bonds is 3. The zero-order valence-electron chi connectivity index (χ0n) is 16.4. The SMILES string of the molecule is CC.CCCC[C@@H]1CS(=O)(=O)c2cc(O)ccc2CN1O.c1ccccc1. The van der Waals surface area contributed by atoms with Crippen molar-refractivity contribution in [2.75, 3.05) is 5.75 Å². The Morgan fingerprint density at radius 2 is 1.63 bits per heavy atom. The predicted octanol–water partition coefficient (Wildman–Crippen LogP) is 4.64. The first-order valence-electron chi connectivity index (χ1n) is 9.44. The largest absolute Gasteiger partial charge is 0.508 e. The molecule has 1 aliphatic rings. The number of hydrogen-bond donors (Lipinski definition) is 2. The number of fused-ring (bicyclic) bond motifs is 1. The molecule has 0 radical (unpaired) electrons. The highest BCUT2D eigenvalue weighted by Gasteiger charge is 2.31. The Balaban J connectivity index is 0.000000381. The summed E-state index contributed by atoms with van der Waals surface area (Å²) in [4.78, 5) is 0.130. The number of hydrogen-bond acceptors (Lipinski definition) is 5. The van der Waals surface area contributed by atoms with Gasteiger partial charge in [0.2, 0.25) is 0 Å². The minimum atomic E-state index is -3.48. The molecule has 0 aliphatic carbocycles. The molecule has 0 bridgehead atoms. The molecule has 2 N–H and O–H groups in total. The Morgan fingerprint density at radius 3 is 2.15 bits per heavy atom. The van der Waals surface area contributed by atoms with Crippen molar-refractivity contribution in [2.45, 2.75) is 57.5 Å². The van der Waals surface area contributed by atoms with Crippen molar-refractivity contribution >= 4 is 9.84 Å². The van der Waals surface area contributed by atoms with Crippen LogP contribution in [0, 0.1) is 0 Å². The van der Waals surface area contributed by atoms with Gasteiger partial charge in [0.25, 0.3) is 0 Å². The lowest BCUT2D eigenvalue weighted by Crippen LogP contribution is -2.35. The summed E-state index contributed by atoms with van der Waals surface area (Å²) in [5, 5.41) is 20.6. The molecule has 5 nitrogen and oxygen atoms in total. The summed E-state index contributed by atoms with van der Waals surface area (Å²) in [5.74, 6) is -0.182. The summed E-state index contributed by atoms with van der Waals surface area (Å²) in [6.45, 7) is 6.20. The van der Waals surface area contributed by atoms with E-state index in [2.05, 4.69) is 0 Å². The van der Waals surface area contributed by atoms with Crippen LogP contribution in [0.1, 0.15) is 45.6 Å². The normalized spacial score (nSPS) is 18.0. The third-order valence-corrected chi connectivity index (χ3v) is 5.98. The van der Waals surface area contributed by atoms with Crippen LogP contribution in [0.25, 0.3) is 0 Å². The van der Waals surface area contributed by atoms with Gasteiger partial charge in [0.05, 0.1) is 17.2 Å². The summed E-state index contributed by atoms with van der Waals surface area (Å²) in [7, 11) is -3.48. The van der Waals surface area contributed by atoms with Crippen LogP contribution in [0.4, 0.5) is 0 Å². The number of phenols is 1. The molecule has 3 rings (SSSR count). The second-order valence-corrected chi connectivity index (χ2v) is 8.12. The number of benzene rings is 2. The average molecular weight is 394 g/mol. The van der Waals surface area contributed by atoms with E-state index in [-0.39, 0.29) is 29.0 Å². The lowest BCUT2D eigenvalue weighted by atomic mass is 10.1. The van der Waals surface area contributed by atoms with Crippen molar-refractivity contribution in [3.8, 4) is 5.75 Å². The Kier molecular flexibility index (Phi) is 10.1. The summed E-state index contributed by atoms with van der Waals surface area (Å²) >= 11 is 0. The number of unbranched alkanes of at least 4 members (excludes halogenated alkanes) is 1. The molecule has 0 saturated heterocycles. The van der Waals surface area contributed by atoms with E-state index in [0.29, 0.717) is 12.0 Å². The van der Waals surface area contributed by atoms with Gasteiger partial charge in [-0.25, -0.2) is 8.42 Å². The van der Waals surface area contributed by atoms with Gasteiger partial charge in [-0.05, 0) is 24.1 Å². The number of sulfone groups is 1. The van der Waals surface area contributed by atoms with E-state index in [1.807, 2.05) is 57.2 Å². The third kappa shape index (κ3) is 7.33. The van der Waals surface area contributed by atoms with Crippen molar-refractivity contribution in [1.82, 2.24) is 5.06 Å². The third-order valence-electron chi connectivity index (χ3n) is 4.11. The molecule has 0 spiro atoms. The Morgan fingerprint density at radius 1 is 1.07 bits per heavy atom. The second-order valence-electron chi connectivity index (χ2n) is 6.12. The molecule has 0 fully saturated rings. The fourth-order valence-electron chi connectivity index (χ4n) is 2.75. The molecule has 1 heterocycles. The fraction of sp³-hybridized carbons (Fsp3) is 0.429. The van der Waals surface area contributed by atoms with E-state index < -0.39 is 9.84 Å². The van der Waals surface area contributed by atoms with Crippen LogP contribution in [-0.2, 0) is 16.4 Å². The Bertz CT molecular complexity index is 736. The molecular formula is C21H31NO4S. The number of hydroxylamine groups is 2. The lowest BCUT2D eigenvalue weighted by molar-refractivity contribution is -0.130. The lowest BCUT2D eigenvalue weighted by Gasteiger charge is -2.22. The van der Waals surface area contributed by atoms with Crippen molar-refractivity contribution in [2.24, 2.45) is 0 Å². The van der Waals surface area contributed by atoms with E-state index in [9.17, 15) is 18.7 Å². The van der Waals surface area contributed by atoms with E-state index in [4.69, 9.17) is 0 Å². The molecule has 2 aromatic rings. The molecule has 150 valence electrons. The number of nitrogens with zero attached hydrogens (tertiary/aromatic N) is 1. The van der Waals surface area contributed by atoms with Crippen LogP contribution in [0.2, 0.25) is 0 Å². The summed E-state index contributed by atoms with van der Waals surface area (Å²) in [5.41, 5.74) is 0.527. The maximum atomic E-state index is 12.3. The van der Waals surface area contributed by atoms with Gasteiger partial charge >= 0.3 is 0 Å². The van der Waals surface area contributed by atoms with Crippen molar-refractivity contribution in [1.29, 1.82) is 0 Å². The number of phenolic OH excluding ortho intramolecular Hbond substituents is 1. The van der Waals surface area contributed by atoms with Crippen molar-refractivity contribution in [3.05, 3.63) is 60.2 Å². The molecule has 0 aromatic heterocycles. The highest BCUT2D eigenvalue weighted by molar-refractivity contribution is 7.91. The average Bonchev–Trinajstić information content (AvgIpc) is 2.78. The minimum Gasteiger partial charge on any atom is -0.508 e. The second kappa shape index (κ2) is 11.7. The van der Waals surface area contributed by atoms with Gasteiger partial charge < -0.3 is 10.3 Å². The molecule has 0 saturated carbocycles. The summed E-state index contributed by atoms with van der Waals surface area (Å²) in [6.07, 6.45) is 2.48. The van der Waals surface area contributed by atoms with Gasteiger partial charge in [-0.1, -0.05) is 76.1 Å². The predicted molar refractivity (Wildman–Crippen MR) is 109 cm³/mol. The van der Waals surface area contributed by atoms with E-state index >= 15 is 0 Å². The van der Waals surface area contributed by atoms with Crippen LogP contribution >= 0.6 is 0 Å². The smallest absolute Gasteiger partial charge is 0.180 e. The van der Waals surface area contributed by atoms with Crippen LogP contribution in [0.3, 0.4) is 0 Å². The Hall–Kier alpha value is -1.89. The van der Waals surface area contributed by atoms with Gasteiger partial charge in [-0.15, -0.1) is 0 Å². The van der Waals surface area contributed by atoms with Gasteiger partial charge in [0, 0.05) is 6.04 Å². The number of aromatic hydroxyl groups is 1. The fourth-order valence-corrected chi connectivity index (χ4v) is 4.61. The maximum absolute atomic E-state index is 12.3. The molecular weight excluding hydrogens is 362 g/mol.